The van der Waals surface area contributed by atoms with Crippen LogP contribution in [0.1, 0.15) is 37.7 Å². The van der Waals surface area contributed by atoms with Crippen molar-refractivity contribution in [3.05, 3.63) is 30.0 Å². The SMILES string of the molecule is CN1CCC(COc2ccc(C3=CCC(C(=O)NC(CO)CO)CC3)cn2)CC1. The number of rotatable bonds is 8. The number of pyridine rings is 1. The van der Waals surface area contributed by atoms with Gasteiger partial charge in [-0.2, -0.15) is 0 Å². The maximum absolute atomic E-state index is 12.2. The average Bonchev–Trinajstić information content (AvgIpc) is 2.77. The van der Waals surface area contributed by atoms with Crippen molar-refractivity contribution in [1.82, 2.24) is 15.2 Å². The topological polar surface area (TPSA) is 94.9 Å². The predicted octanol–water partition coefficient (Wildman–Crippen LogP) is 1.46. The fourth-order valence-corrected chi connectivity index (χ4v) is 3.89. The molecule has 2 aliphatic rings. The number of nitrogens with zero attached hydrogens (tertiary/aromatic N) is 2. The molecule has 1 atom stereocenters. The maximum Gasteiger partial charge on any atom is 0.223 e. The zero-order chi connectivity index (χ0) is 20.6. The summed E-state index contributed by atoms with van der Waals surface area (Å²) in [4.78, 5) is 19.1. The summed E-state index contributed by atoms with van der Waals surface area (Å²) in [6.45, 7) is 2.48. The summed E-state index contributed by atoms with van der Waals surface area (Å²) in [5.41, 5.74) is 2.27. The van der Waals surface area contributed by atoms with E-state index in [0.717, 1.165) is 38.1 Å². The molecule has 160 valence electrons. The monoisotopic (exact) mass is 403 g/mol. The van der Waals surface area contributed by atoms with Crippen LogP contribution >= 0.6 is 0 Å². The van der Waals surface area contributed by atoms with E-state index in [0.29, 0.717) is 18.2 Å². The van der Waals surface area contributed by atoms with E-state index in [1.165, 1.54) is 18.4 Å². The van der Waals surface area contributed by atoms with Gasteiger partial charge in [0.15, 0.2) is 0 Å². The van der Waals surface area contributed by atoms with Gasteiger partial charge in [-0.25, -0.2) is 4.98 Å². The Hall–Kier alpha value is -1.96. The minimum absolute atomic E-state index is 0.107. The van der Waals surface area contributed by atoms with Crippen molar-refractivity contribution in [2.75, 3.05) is 40.0 Å². The highest BCUT2D eigenvalue weighted by Gasteiger charge is 2.24. The number of aliphatic hydroxyl groups excluding tert-OH is 2. The Morgan fingerprint density at radius 1 is 1.28 bits per heavy atom. The van der Waals surface area contributed by atoms with Crippen molar-refractivity contribution in [3.63, 3.8) is 0 Å². The highest BCUT2D eigenvalue weighted by Crippen LogP contribution is 2.30. The Morgan fingerprint density at radius 2 is 2.03 bits per heavy atom. The predicted molar refractivity (Wildman–Crippen MR) is 111 cm³/mol. The van der Waals surface area contributed by atoms with Gasteiger partial charge >= 0.3 is 0 Å². The van der Waals surface area contributed by atoms with Crippen LogP contribution in [0, 0.1) is 11.8 Å². The van der Waals surface area contributed by atoms with Gasteiger partial charge in [-0.05, 0) is 75.4 Å². The Kier molecular flexibility index (Phi) is 8.03. The molecule has 1 aromatic heterocycles. The number of piperidine rings is 1. The van der Waals surface area contributed by atoms with E-state index in [4.69, 9.17) is 14.9 Å². The molecule has 1 aliphatic carbocycles. The molecule has 1 aliphatic heterocycles. The van der Waals surface area contributed by atoms with E-state index in [-0.39, 0.29) is 25.0 Å². The van der Waals surface area contributed by atoms with Crippen molar-refractivity contribution in [2.45, 2.75) is 38.1 Å². The summed E-state index contributed by atoms with van der Waals surface area (Å²) in [6, 6.07) is 3.38. The van der Waals surface area contributed by atoms with Gasteiger partial charge in [0.1, 0.15) is 0 Å². The molecular weight excluding hydrogens is 370 g/mol. The average molecular weight is 404 g/mol. The van der Waals surface area contributed by atoms with Crippen LogP contribution in [0.25, 0.3) is 5.57 Å². The van der Waals surface area contributed by atoms with Crippen molar-refractivity contribution in [1.29, 1.82) is 0 Å². The molecule has 0 spiro atoms. The summed E-state index contributed by atoms with van der Waals surface area (Å²) in [6.07, 6.45) is 8.49. The van der Waals surface area contributed by atoms with Gasteiger partial charge in [0.2, 0.25) is 11.8 Å². The lowest BCUT2D eigenvalue weighted by molar-refractivity contribution is -0.126. The Morgan fingerprint density at radius 3 is 2.62 bits per heavy atom. The van der Waals surface area contributed by atoms with Crippen LogP contribution in [0.15, 0.2) is 24.4 Å². The second-order valence-corrected chi connectivity index (χ2v) is 8.21. The molecule has 2 heterocycles. The maximum atomic E-state index is 12.2. The smallest absolute Gasteiger partial charge is 0.223 e. The van der Waals surface area contributed by atoms with Crippen LogP contribution in [0.2, 0.25) is 0 Å². The lowest BCUT2D eigenvalue weighted by atomic mass is 9.86. The minimum Gasteiger partial charge on any atom is -0.477 e. The number of aromatic nitrogens is 1. The number of ether oxygens (including phenoxy) is 1. The van der Waals surface area contributed by atoms with Crippen molar-refractivity contribution < 1.29 is 19.7 Å². The number of hydrogen-bond donors (Lipinski definition) is 3. The van der Waals surface area contributed by atoms with Gasteiger partial charge in [-0.3, -0.25) is 4.79 Å². The molecule has 7 heteroatoms. The lowest BCUT2D eigenvalue weighted by Crippen LogP contribution is -2.43. The summed E-state index contributed by atoms with van der Waals surface area (Å²) in [5, 5.41) is 20.9. The Bertz CT molecular complexity index is 680. The Labute approximate surface area is 172 Å². The number of allylic oxidation sites excluding steroid dienone is 2. The fraction of sp³-hybridized carbons (Fsp3) is 0.636. The van der Waals surface area contributed by atoms with Crippen LogP contribution in [0.3, 0.4) is 0 Å². The molecule has 3 N–H and O–H groups in total. The number of nitrogens with one attached hydrogen (secondary N) is 1. The summed E-state index contributed by atoms with van der Waals surface area (Å²) >= 11 is 0. The largest absolute Gasteiger partial charge is 0.477 e. The third-order valence-corrected chi connectivity index (χ3v) is 5.98. The molecule has 1 unspecified atom stereocenters. The summed E-state index contributed by atoms with van der Waals surface area (Å²) < 4.78 is 5.89. The molecule has 0 saturated carbocycles. The van der Waals surface area contributed by atoms with Gasteiger partial charge < -0.3 is 25.2 Å². The number of amides is 1. The second-order valence-electron chi connectivity index (χ2n) is 8.21. The molecular formula is C22H33N3O4. The number of carbonyl (C=O) groups is 1. The van der Waals surface area contributed by atoms with Crippen LogP contribution in [-0.4, -0.2) is 72.0 Å². The zero-order valence-corrected chi connectivity index (χ0v) is 17.2. The summed E-state index contributed by atoms with van der Waals surface area (Å²) in [5.74, 6) is 1.04. The second kappa shape index (κ2) is 10.7. The first-order valence-corrected chi connectivity index (χ1v) is 10.6. The first-order chi connectivity index (χ1) is 14.1. The van der Waals surface area contributed by atoms with E-state index < -0.39 is 6.04 Å². The van der Waals surface area contributed by atoms with Gasteiger partial charge in [-0.1, -0.05) is 6.08 Å². The van der Waals surface area contributed by atoms with Gasteiger partial charge in [0.05, 0.1) is 25.9 Å². The minimum atomic E-state index is -0.584. The molecule has 7 nitrogen and oxygen atoms in total. The van der Waals surface area contributed by atoms with Crippen molar-refractivity contribution in [3.8, 4) is 5.88 Å². The normalized spacial score (nSPS) is 21.1. The van der Waals surface area contributed by atoms with Gasteiger partial charge in [0, 0.05) is 18.2 Å². The summed E-state index contributed by atoms with van der Waals surface area (Å²) in [7, 11) is 2.16. The number of carbonyl (C=O) groups excluding carboxylic acids is 1. The molecule has 0 radical (unpaired) electrons. The number of hydrogen-bond acceptors (Lipinski definition) is 6. The van der Waals surface area contributed by atoms with Crippen LogP contribution in [-0.2, 0) is 4.79 Å². The van der Waals surface area contributed by atoms with E-state index in [1.807, 2.05) is 18.3 Å². The quantitative estimate of drug-likeness (QED) is 0.608. The fourth-order valence-electron chi connectivity index (χ4n) is 3.89. The van der Waals surface area contributed by atoms with E-state index in [2.05, 4.69) is 28.3 Å². The molecule has 29 heavy (non-hydrogen) atoms. The van der Waals surface area contributed by atoms with Crippen LogP contribution in [0.4, 0.5) is 0 Å². The highest BCUT2D eigenvalue weighted by molar-refractivity contribution is 5.80. The van der Waals surface area contributed by atoms with E-state index >= 15 is 0 Å². The first kappa shape index (κ1) is 21.7. The number of aliphatic hydroxyl groups is 2. The molecule has 1 aromatic rings. The van der Waals surface area contributed by atoms with Crippen molar-refractivity contribution >= 4 is 11.5 Å². The van der Waals surface area contributed by atoms with Gasteiger partial charge in [0.25, 0.3) is 0 Å². The molecule has 1 saturated heterocycles. The molecule has 0 bridgehead atoms. The zero-order valence-electron chi connectivity index (χ0n) is 17.2. The third kappa shape index (κ3) is 6.26. The van der Waals surface area contributed by atoms with E-state index in [9.17, 15) is 4.79 Å². The standard InChI is InChI=1S/C22H33N3O4/c1-25-10-8-16(9-11-25)15-29-21-7-6-19(12-23-21)17-2-4-18(5-3-17)22(28)24-20(13-26)14-27/h2,6-7,12,16,18,20,26-27H,3-5,8-11,13-15H2,1H3,(H,24,28). The van der Waals surface area contributed by atoms with Crippen LogP contribution < -0.4 is 10.1 Å². The lowest BCUT2D eigenvalue weighted by Gasteiger charge is -2.28. The molecule has 0 aromatic carbocycles. The third-order valence-electron chi connectivity index (χ3n) is 5.98. The molecule has 1 fully saturated rings. The molecule has 3 rings (SSSR count). The van der Waals surface area contributed by atoms with Crippen molar-refractivity contribution in [2.24, 2.45) is 11.8 Å². The molecule has 1 amide bonds. The van der Waals surface area contributed by atoms with E-state index in [1.54, 1.807) is 0 Å². The first-order valence-electron chi connectivity index (χ1n) is 10.6. The van der Waals surface area contributed by atoms with Crippen LogP contribution in [0.5, 0.6) is 5.88 Å². The highest BCUT2D eigenvalue weighted by atomic mass is 16.5. The Balaban J connectivity index is 1.47. The van der Waals surface area contributed by atoms with Gasteiger partial charge in [-0.15, -0.1) is 0 Å². The number of likely N-dealkylation sites (tertiary alicyclic amines) is 1.